The molecule has 9 heteroatoms. The molecular weight excluding hydrogens is 430 g/mol. The van der Waals surface area contributed by atoms with Gasteiger partial charge in [-0.15, -0.1) is 10.2 Å². The van der Waals surface area contributed by atoms with E-state index in [1.807, 2.05) is 13.8 Å². The Morgan fingerprint density at radius 1 is 0.906 bits per heavy atom. The second-order valence-corrected chi connectivity index (χ2v) is 8.95. The molecule has 1 aromatic heterocycles. The fraction of sp³-hybridized carbons (Fsp3) is 0.261. The van der Waals surface area contributed by atoms with Gasteiger partial charge in [0.25, 0.3) is 5.91 Å². The van der Waals surface area contributed by atoms with Gasteiger partial charge in [-0.2, -0.15) is 0 Å². The van der Waals surface area contributed by atoms with Crippen molar-refractivity contribution in [2.45, 2.75) is 25.8 Å². The average molecular weight is 456 g/mol. The molecule has 0 radical (unpaired) electrons. The molecule has 168 valence electrons. The van der Waals surface area contributed by atoms with Crippen LogP contribution in [0.4, 0.5) is 5.69 Å². The van der Waals surface area contributed by atoms with Crippen molar-refractivity contribution in [3.63, 3.8) is 0 Å². The van der Waals surface area contributed by atoms with Crippen LogP contribution in [0, 0.1) is 0 Å². The lowest BCUT2D eigenvalue weighted by atomic mass is 10.1. The third-order valence-electron chi connectivity index (χ3n) is 4.56. The molecule has 1 heterocycles. The lowest BCUT2D eigenvalue weighted by Gasteiger charge is -2.13. The molecule has 0 saturated heterocycles. The molecule has 0 fully saturated rings. The highest BCUT2D eigenvalue weighted by Crippen LogP contribution is 2.29. The maximum Gasteiger partial charge on any atom is 0.255 e. The van der Waals surface area contributed by atoms with Gasteiger partial charge in [0, 0.05) is 16.8 Å². The van der Waals surface area contributed by atoms with Gasteiger partial charge in [-0.05, 0) is 56.3 Å². The first-order valence-electron chi connectivity index (χ1n) is 10.3. The van der Waals surface area contributed by atoms with E-state index in [-0.39, 0.29) is 16.7 Å². The third kappa shape index (κ3) is 5.42. The Morgan fingerprint density at radius 2 is 1.66 bits per heavy atom. The first-order chi connectivity index (χ1) is 15.4. The van der Waals surface area contributed by atoms with E-state index >= 15 is 0 Å². The van der Waals surface area contributed by atoms with Gasteiger partial charge in [-0.1, -0.05) is 19.1 Å². The van der Waals surface area contributed by atoms with Gasteiger partial charge in [0.2, 0.25) is 0 Å². The van der Waals surface area contributed by atoms with Crippen molar-refractivity contribution >= 4 is 21.4 Å². The number of carbonyl (C=O) groups is 1. The van der Waals surface area contributed by atoms with Gasteiger partial charge in [-0.3, -0.25) is 4.79 Å². The van der Waals surface area contributed by atoms with E-state index in [1.54, 1.807) is 55.5 Å². The number of hydrogen-bond donors (Lipinski definition) is 1. The van der Waals surface area contributed by atoms with Crippen LogP contribution in [0.5, 0.6) is 11.5 Å². The van der Waals surface area contributed by atoms with Gasteiger partial charge >= 0.3 is 0 Å². The standard InChI is InChI=1S/C23H25N3O5S/c1-4-30-20-12-10-17(15-21(20)31-5-2)23(27)24-18-9-7-8-16(14-18)19-11-13-22(26-25-19)32(28,29)6-3/h7-15H,4-6H2,1-3H3,(H,24,27). The van der Waals surface area contributed by atoms with Gasteiger partial charge in [0.05, 0.1) is 24.7 Å². The molecule has 1 N–H and O–H groups in total. The Hall–Kier alpha value is -3.46. The van der Waals surface area contributed by atoms with Crippen molar-refractivity contribution in [3.05, 3.63) is 60.2 Å². The highest BCUT2D eigenvalue weighted by molar-refractivity contribution is 7.91. The summed E-state index contributed by atoms with van der Waals surface area (Å²) in [7, 11) is -3.42. The molecule has 32 heavy (non-hydrogen) atoms. The van der Waals surface area contributed by atoms with E-state index < -0.39 is 9.84 Å². The van der Waals surface area contributed by atoms with E-state index in [4.69, 9.17) is 9.47 Å². The Kier molecular flexibility index (Phi) is 7.42. The Labute approximate surface area is 187 Å². The largest absolute Gasteiger partial charge is 0.490 e. The van der Waals surface area contributed by atoms with Crippen LogP contribution < -0.4 is 14.8 Å². The van der Waals surface area contributed by atoms with Crippen LogP contribution in [0.15, 0.2) is 59.6 Å². The summed E-state index contributed by atoms with van der Waals surface area (Å²) in [5, 5.41) is 10.7. The number of benzene rings is 2. The van der Waals surface area contributed by atoms with E-state index in [9.17, 15) is 13.2 Å². The molecule has 8 nitrogen and oxygen atoms in total. The predicted molar refractivity (Wildman–Crippen MR) is 122 cm³/mol. The van der Waals surface area contributed by atoms with E-state index in [2.05, 4.69) is 15.5 Å². The van der Waals surface area contributed by atoms with Crippen molar-refractivity contribution in [2.75, 3.05) is 24.3 Å². The maximum atomic E-state index is 12.8. The van der Waals surface area contributed by atoms with Crippen molar-refractivity contribution in [2.24, 2.45) is 0 Å². The highest BCUT2D eigenvalue weighted by Gasteiger charge is 2.15. The number of nitrogens with zero attached hydrogens (tertiary/aromatic N) is 2. The number of nitrogens with one attached hydrogen (secondary N) is 1. The average Bonchev–Trinajstić information content (AvgIpc) is 2.80. The zero-order valence-electron chi connectivity index (χ0n) is 18.2. The summed E-state index contributed by atoms with van der Waals surface area (Å²) in [6, 6.07) is 15.1. The number of amides is 1. The lowest BCUT2D eigenvalue weighted by molar-refractivity contribution is 0.102. The zero-order chi connectivity index (χ0) is 23.1. The second kappa shape index (κ2) is 10.2. The number of carbonyl (C=O) groups excluding carboxylic acids is 1. The van der Waals surface area contributed by atoms with E-state index in [0.29, 0.717) is 47.2 Å². The molecule has 0 aliphatic carbocycles. The van der Waals surface area contributed by atoms with E-state index in [1.165, 1.54) is 6.07 Å². The lowest BCUT2D eigenvalue weighted by Crippen LogP contribution is -2.12. The van der Waals surface area contributed by atoms with Gasteiger partial charge < -0.3 is 14.8 Å². The Morgan fingerprint density at radius 3 is 2.31 bits per heavy atom. The van der Waals surface area contributed by atoms with Crippen LogP contribution >= 0.6 is 0 Å². The SMILES string of the molecule is CCOc1ccc(C(=O)Nc2cccc(-c3ccc(S(=O)(=O)CC)nn3)c2)cc1OCC. The number of ether oxygens (including phenoxy) is 2. The maximum absolute atomic E-state index is 12.8. The number of rotatable bonds is 9. The van der Waals surface area contributed by atoms with Crippen molar-refractivity contribution in [1.29, 1.82) is 0 Å². The minimum absolute atomic E-state index is 0.0426. The number of sulfone groups is 1. The third-order valence-corrected chi connectivity index (χ3v) is 6.18. The minimum Gasteiger partial charge on any atom is -0.490 e. The van der Waals surface area contributed by atoms with E-state index in [0.717, 1.165) is 0 Å². The molecule has 0 bridgehead atoms. The summed E-state index contributed by atoms with van der Waals surface area (Å²) in [5.74, 6) is 0.744. The molecule has 0 saturated carbocycles. The normalized spacial score (nSPS) is 11.1. The summed E-state index contributed by atoms with van der Waals surface area (Å²) < 4.78 is 35.0. The zero-order valence-corrected chi connectivity index (χ0v) is 19.0. The summed E-state index contributed by atoms with van der Waals surface area (Å²) in [6.07, 6.45) is 0. The molecule has 3 aromatic rings. The molecule has 0 spiro atoms. The van der Waals surface area contributed by atoms with Crippen molar-refractivity contribution in [3.8, 4) is 22.8 Å². The fourth-order valence-corrected chi connectivity index (χ4v) is 3.68. The van der Waals surface area contributed by atoms with Crippen LogP contribution in [-0.4, -0.2) is 43.5 Å². The predicted octanol–water partition coefficient (Wildman–Crippen LogP) is 3.99. The van der Waals surface area contributed by atoms with Gasteiger partial charge in [0.15, 0.2) is 26.4 Å². The summed E-state index contributed by atoms with van der Waals surface area (Å²) in [5.41, 5.74) is 2.18. The van der Waals surface area contributed by atoms with Crippen LogP contribution in [0.1, 0.15) is 31.1 Å². The van der Waals surface area contributed by atoms with Crippen LogP contribution in [0.3, 0.4) is 0 Å². The monoisotopic (exact) mass is 455 g/mol. The molecular formula is C23H25N3O5S. The van der Waals surface area contributed by atoms with Gasteiger partial charge in [-0.25, -0.2) is 8.42 Å². The van der Waals surface area contributed by atoms with Crippen molar-refractivity contribution in [1.82, 2.24) is 10.2 Å². The quantitative estimate of drug-likeness (QED) is 0.520. The first kappa shape index (κ1) is 23.2. The second-order valence-electron chi connectivity index (χ2n) is 6.72. The number of hydrogen-bond acceptors (Lipinski definition) is 7. The minimum atomic E-state index is -3.42. The molecule has 1 amide bonds. The van der Waals surface area contributed by atoms with Gasteiger partial charge in [0.1, 0.15) is 0 Å². The first-order valence-corrected chi connectivity index (χ1v) is 11.9. The smallest absolute Gasteiger partial charge is 0.255 e. The highest BCUT2D eigenvalue weighted by atomic mass is 32.2. The number of anilines is 1. The summed E-state index contributed by atoms with van der Waals surface area (Å²) >= 11 is 0. The topological polar surface area (TPSA) is 107 Å². The Balaban J connectivity index is 1.80. The van der Waals surface area contributed by atoms with Crippen LogP contribution in [0.25, 0.3) is 11.3 Å². The Bertz CT molecular complexity index is 1190. The van der Waals surface area contributed by atoms with Crippen LogP contribution in [0.2, 0.25) is 0 Å². The molecule has 2 aromatic carbocycles. The fourth-order valence-electron chi connectivity index (χ4n) is 2.94. The molecule has 0 aliphatic heterocycles. The van der Waals surface area contributed by atoms with Crippen LogP contribution in [-0.2, 0) is 9.84 Å². The molecule has 0 unspecified atom stereocenters. The van der Waals surface area contributed by atoms with Crippen molar-refractivity contribution < 1.29 is 22.7 Å². The molecule has 0 atom stereocenters. The summed E-state index contributed by atoms with van der Waals surface area (Å²) in [6.45, 7) is 6.24. The molecule has 3 rings (SSSR count). The number of aromatic nitrogens is 2. The molecule has 0 aliphatic rings. The summed E-state index contributed by atoms with van der Waals surface area (Å²) in [4.78, 5) is 12.8.